The molecule has 90 valence electrons. The molecule has 0 fully saturated rings. The van der Waals surface area contributed by atoms with E-state index in [1.807, 2.05) is 0 Å². The topological polar surface area (TPSA) is 64.6 Å². The molecule has 1 atom stereocenters. The molecule has 0 aromatic heterocycles. The van der Waals surface area contributed by atoms with Crippen molar-refractivity contribution in [2.75, 3.05) is 7.11 Å². The minimum absolute atomic E-state index is 0. The summed E-state index contributed by atoms with van der Waals surface area (Å²) in [5.74, 6) is -0.438. The number of carbonyl (C=O) groups is 2. The number of rotatable bonds is 3. The Morgan fingerprint density at radius 1 is 1.38 bits per heavy atom. The van der Waals surface area contributed by atoms with Crippen molar-refractivity contribution in [2.45, 2.75) is 37.4 Å². The number of amides is 1. The number of esters is 1. The molecule has 0 saturated carbocycles. The number of methoxy groups -OCH3 is 1. The van der Waals surface area contributed by atoms with E-state index in [0.717, 1.165) is 18.3 Å². The maximum absolute atomic E-state index is 11.3. The van der Waals surface area contributed by atoms with Gasteiger partial charge in [-0.25, -0.2) is 0 Å². The number of nitrogens with one attached hydrogen (secondary N) is 1. The van der Waals surface area contributed by atoms with Gasteiger partial charge in [0.25, 0.3) is 0 Å². The maximum Gasteiger partial charge on any atom is -1.00 e. The van der Waals surface area contributed by atoms with Crippen molar-refractivity contribution in [2.24, 2.45) is 0 Å². The SMILES string of the molecule is COC(=O)[C@H]([CH2][Zn+])NC(=O)OC(C)(C)C.[I-]. The van der Waals surface area contributed by atoms with Crippen molar-refractivity contribution in [3.63, 3.8) is 0 Å². The second-order valence-electron chi connectivity index (χ2n) is 4.01. The van der Waals surface area contributed by atoms with Crippen LogP contribution < -0.4 is 29.3 Å². The van der Waals surface area contributed by atoms with Crippen LogP contribution in [0, 0.1) is 0 Å². The van der Waals surface area contributed by atoms with Crippen LogP contribution in [0.25, 0.3) is 0 Å². The molecular formula is C9H16INO4Zn. The van der Waals surface area contributed by atoms with Gasteiger partial charge in [-0.05, 0) is 0 Å². The molecule has 1 N–H and O–H groups in total. The van der Waals surface area contributed by atoms with Gasteiger partial charge in [-0.1, -0.05) is 0 Å². The monoisotopic (exact) mass is 393 g/mol. The van der Waals surface area contributed by atoms with Gasteiger partial charge in [0.05, 0.1) is 0 Å². The van der Waals surface area contributed by atoms with E-state index in [1.165, 1.54) is 7.11 Å². The molecule has 0 spiro atoms. The number of hydrogen-bond donors (Lipinski definition) is 1. The Kier molecular flexibility index (Phi) is 9.49. The van der Waals surface area contributed by atoms with Crippen molar-refractivity contribution in [3.05, 3.63) is 0 Å². The molecule has 0 heterocycles. The standard InChI is InChI=1S/C9H16NO4.HI.Zn/c1-6(7(11)13-5)10-8(12)14-9(2,3)4;;/h6H,1H2,2-5H3,(H,10,12);1H;/q;;+1/p-1/t6-;;/m0../s1. The van der Waals surface area contributed by atoms with E-state index in [-0.39, 0.29) is 24.0 Å². The zero-order chi connectivity index (χ0) is 12.1. The summed E-state index contributed by atoms with van der Waals surface area (Å²) in [6, 6.07) is -0.593. The zero-order valence-electron chi connectivity index (χ0n) is 10.0. The normalized spacial score (nSPS) is 12.1. The Hall–Kier alpha value is 0.0934. The molecule has 5 nitrogen and oxygen atoms in total. The molecule has 0 rings (SSSR count). The van der Waals surface area contributed by atoms with Gasteiger partial charge in [-0.3, -0.25) is 0 Å². The van der Waals surface area contributed by atoms with Gasteiger partial charge in [0, 0.05) is 0 Å². The number of ether oxygens (including phenoxy) is 2. The Bertz CT molecular complexity index is 242. The molecule has 0 aliphatic rings. The fourth-order valence-corrected chi connectivity index (χ4v) is 1.64. The molecule has 0 aromatic rings. The summed E-state index contributed by atoms with van der Waals surface area (Å²) in [6.07, 6.45) is -0.591. The van der Waals surface area contributed by atoms with Crippen molar-refractivity contribution in [1.29, 1.82) is 0 Å². The first-order valence-corrected chi connectivity index (χ1v) is 6.76. The van der Waals surface area contributed by atoms with E-state index in [4.69, 9.17) is 4.74 Å². The van der Waals surface area contributed by atoms with Gasteiger partial charge in [0.15, 0.2) is 0 Å². The summed E-state index contributed by atoms with van der Waals surface area (Å²) in [6.45, 7) is 5.29. The van der Waals surface area contributed by atoms with Crippen LogP contribution >= 0.6 is 0 Å². The third kappa shape index (κ3) is 8.27. The van der Waals surface area contributed by atoms with Gasteiger partial charge in [-0.15, -0.1) is 0 Å². The average Bonchev–Trinajstić information content (AvgIpc) is 2.10. The number of halogens is 1. The van der Waals surface area contributed by atoms with E-state index >= 15 is 0 Å². The largest absolute Gasteiger partial charge is 1.00 e. The van der Waals surface area contributed by atoms with Gasteiger partial charge < -0.3 is 24.0 Å². The Morgan fingerprint density at radius 2 is 1.88 bits per heavy atom. The van der Waals surface area contributed by atoms with Crippen molar-refractivity contribution in [3.8, 4) is 0 Å². The predicted molar refractivity (Wildman–Crippen MR) is 50.0 cm³/mol. The molecule has 0 bridgehead atoms. The van der Waals surface area contributed by atoms with Crippen LogP contribution in [0.1, 0.15) is 20.8 Å². The molecule has 1 amide bonds. The summed E-state index contributed by atoms with van der Waals surface area (Å²) < 4.78 is 9.57. The van der Waals surface area contributed by atoms with Gasteiger partial charge in [0.1, 0.15) is 0 Å². The van der Waals surface area contributed by atoms with Gasteiger partial charge >= 0.3 is 99.3 Å². The van der Waals surface area contributed by atoms with E-state index < -0.39 is 23.7 Å². The third-order valence-electron chi connectivity index (χ3n) is 1.47. The molecule has 0 radical (unpaired) electrons. The summed E-state index contributed by atoms with van der Waals surface area (Å²) in [5, 5.41) is 3.06. The first-order valence-electron chi connectivity index (χ1n) is 4.66. The van der Waals surface area contributed by atoms with E-state index in [0.29, 0.717) is 5.02 Å². The molecular weight excluding hydrogens is 378 g/mol. The summed E-state index contributed by atoms with van der Waals surface area (Å²) in [5.41, 5.74) is -0.561. The van der Waals surface area contributed by atoms with Crippen LogP contribution in [0.15, 0.2) is 0 Å². The number of carbonyl (C=O) groups excluding carboxylic acids is 2. The third-order valence-corrected chi connectivity index (χ3v) is 2.68. The second-order valence-corrected chi connectivity index (χ2v) is 5.22. The fraction of sp³-hybridized carbons (Fsp3) is 0.778. The summed E-state index contributed by atoms with van der Waals surface area (Å²) in [4.78, 5) is 22.5. The Labute approximate surface area is 123 Å². The predicted octanol–water partition coefficient (Wildman–Crippen LogP) is -1.98. The van der Waals surface area contributed by atoms with Crippen LogP contribution in [-0.4, -0.2) is 30.8 Å². The quantitative estimate of drug-likeness (QED) is 0.342. The minimum Gasteiger partial charge on any atom is -1.00 e. The molecule has 0 aliphatic heterocycles. The zero-order valence-corrected chi connectivity index (χ0v) is 15.1. The van der Waals surface area contributed by atoms with Crippen LogP contribution in [-0.2, 0) is 32.6 Å². The first kappa shape index (κ1) is 18.5. The first-order chi connectivity index (χ1) is 6.80. The van der Waals surface area contributed by atoms with Crippen molar-refractivity contribution in [1.82, 2.24) is 5.32 Å². The second kappa shape index (κ2) is 8.22. The van der Waals surface area contributed by atoms with Crippen LogP contribution in [0.3, 0.4) is 0 Å². The average molecular weight is 395 g/mol. The molecule has 0 saturated heterocycles. The van der Waals surface area contributed by atoms with E-state index in [1.54, 1.807) is 20.8 Å². The summed E-state index contributed by atoms with van der Waals surface area (Å²) >= 11 is 0.898. The molecule has 0 unspecified atom stereocenters. The summed E-state index contributed by atoms with van der Waals surface area (Å²) in [7, 11) is 1.29. The fourth-order valence-electron chi connectivity index (χ4n) is 0.841. The Morgan fingerprint density at radius 3 is 2.19 bits per heavy atom. The number of alkyl carbamates (subject to hydrolysis) is 1. The van der Waals surface area contributed by atoms with Crippen LogP contribution in [0.2, 0.25) is 5.02 Å². The van der Waals surface area contributed by atoms with Crippen molar-refractivity contribution >= 4 is 12.1 Å². The Balaban J connectivity index is 0. The van der Waals surface area contributed by atoms with Crippen LogP contribution in [0.5, 0.6) is 0 Å². The van der Waals surface area contributed by atoms with Gasteiger partial charge in [-0.2, -0.15) is 0 Å². The maximum atomic E-state index is 11.3. The van der Waals surface area contributed by atoms with E-state index in [9.17, 15) is 9.59 Å². The van der Waals surface area contributed by atoms with Crippen molar-refractivity contribution < 1.29 is 61.3 Å². The minimum atomic E-state index is -0.593. The molecule has 0 aliphatic carbocycles. The molecule has 0 aromatic carbocycles. The van der Waals surface area contributed by atoms with E-state index in [2.05, 4.69) is 10.1 Å². The van der Waals surface area contributed by atoms with Gasteiger partial charge in [0.2, 0.25) is 0 Å². The smallest absolute Gasteiger partial charge is 1.00 e. The molecule has 16 heavy (non-hydrogen) atoms. The van der Waals surface area contributed by atoms with Crippen LogP contribution in [0.4, 0.5) is 4.79 Å². The molecule has 7 heteroatoms. The number of hydrogen-bond acceptors (Lipinski definition) is 4.